The van der Waals surface area contributed by atoms with Crippen LogP contribution < -0.4 is 10.1 Å². The molecule has 0 radical (unpaired) electrons. The van der Waals surface area contributed by atoms with Gasteiger partial charge in [0.2, 0.25) is 0 Å². The summed E-state index contributed by atoms with van der Waals surface area (Å²) < 4.78 is 7.23. The number of nitrogens with zero attached hydrogens (tertiary/aromatic N) is 3. The quantitative estimate of drug-likeness (QED) is 0.732. The van der Waals surface area contributed by atoms with Crippen LogP contribution in [-0.4, -0.2) is 27.0 Å². The first-order chi connectivity index (χ1) is 10.7. The number of nitrogens with one attached hydrogen (secondary N) is 1. The Balaban J connectivity index is 0.00000192. The van der Waals surface area contributed by atoms with E-state index in [4.69, 9.17) is 4.74 Å². The van der Waals surface area contributed by atoms with Crippen LogP contribution in [0, 0.1) is 0 Å². The molecular formula is C16H18N4O2. The molecule has 0 bridgehead atoms. The summed E-state index contributed by atoms with van der Waals surface area (Å²) in [6, 6.07) is 9.45. The van der Waals surface area contributed by atoms with E-state index in [0.29, 0.717) is 17.0 Å². The minimum Gasteiger partial charge on any atom is -0.491 e. The van der Waals surface area contributed by atoms with Crippen LogP contribution in [0.25, 0.3) is 5.65 Å². The van der Waals surface area contributed by atoms with Crippen molar-refractivity contribution in [1.29, 1.82) is 0 Å². The maximum absolute atomic E-state index is 11.0. The van der Waals surface area contributed by atoms with E-state index in [9.17, 15) is 4.79 Å². The Bertz CT molecular complexity index is 817. The summed E-state index contributed by atoms with van der Waals surface area (Å²) in [6.07, 6.45) is 4.12. The molecule has 0 amide bonds. The van der Waals surface area contributed by atoms with Gasteiger partial charge in [-0.2, -0.15) is 5.10 Å². The van der Waals surface area contributed by atoms with E-state index in [0.717, 1.165) is 17.7 Å². The molecule has 1 N–H and O–H groups in total. The van der Waals surface area contributed by atoms with Crippen LogP contribution >= 0.6 is 0 Å². The second-order valence-corrected chi connectivity index (χ2v) is 5.12. The Hall–Kier alpha value is -2.89. The van der Waals surface area contributed by atoms with Gasteiger partial charge in [-0.3, -0.25) is 4.79 Å². The highest BCUT2D eigenvalue weighted by atomic mass is 16.5. The predicted octanol–water partition coefficient (Wildman–Crippen LogP) is 3.32. The minimum atomic E-state index is 0. The number of aldehydes is 1. The summed E-state index contributed by atoms with van der Waals surface area (Å²) >= 11 is 0. The number of hydrogen-bond acceptors (Lipinski definition) is 5. The van der Waals surface area contributed by atoms with E-state index in [2.05, 4.69) is 15.4 Å². The number of anilines is 2. The number of carbonyl (C=O) groups excluding carboxylic acids is 1. The summed E-state index contributed by atoms with van der Waals surface area (Å²) in [5.41, 5.74) is 1.84. The van der Waals surface area contributed by atoms with Gasteiger partial charge < -0.3 is 10.1 Å². The van der Waals surface area contributed by atoms with Crippen LogP contribution in [0.2, 0.25) is 0 Å². The van der Waals surface area contributed by atoms with Crippen LogP contribution in [0.5, 0.6) is 5.75 Å². The maximum atomic E-state index is 11.0. The predicted molar refractivity (Wildman–Crippen MR) is 86.0 cm³/mol. The summed E-state index contributed by atoms with van der Waals surface area (Å²) in [5, 5.41) is 7.26. The monoisotopic (exact) mass is 298 g/mol. The van der Waals surface area contributed by atoms with Crippen LogP contribution in [0.4, 0.5) is 11.5 Å². The first-order valence-electron chi connectivity index (χ1n) is 6.99. The molecule has 0 aliphatic rings. The van der Waals surface area contributed by atoms with Crippen molar-refractivity contribution in [2.24, 2.45) is 0 Å². The van der Waals surface area contributed by atoms with E-state index in [1.165, 1.54) is 6.20 Å². The Labute approximate surface area is 129 Å². The number of ether oxygens (including phenoxy) is 1. The van der Waals surface area contributed by atoms with Gasteiger partial charge in [0, 0.05) is 19.4 Å². The lowest BCUT2D eigenvalue weighted by atomic mass is 10.3. The van der Waals surface area contributed by atoms with Gasteiger partial charge in [0.05, 0.1) is 17.9 Å². The van der Waals surface area contributed by atoms with Crippen molar-refractivity contribution >= 4 is 23.4 Å². The second kappa shape index (κ2) is 5.85. The highest BCUT2D eigenvalue weighted by molar-refractivity contribution is 5.84. The standard InChI is InChI=1S/C16H16N4O2.H2/c1-11(2)22-14-5-3-4-13(8-14)18-15-6-7-20-16(19-15)12(10-21)9-17-20;/h3-11H,1-2H3,(H,18,19);1H. The molecule has 0 atom stereocenters. The number of rotatable bonds is 5. The van der Waals surface area contributed by atoms with Gasteiger partial charge in [0.1, 0.15) is 11.6 Å². The molecule has 3 rings (SSSR count). The Kier molecular flexibility index (Phi) is 3.74. The highest BCUT2D eigenvalue weighted by Crippen LogP contribution is 2.22. The molecule has 0 fully saturated rings. The van der Waals surface area contributed by atoms with Crippen molar-refractivity contribution in [3.05, 3.63) is 48.3 Å². The van der Waals surface area contributed by atoms with Crippen LogP contribution in [0.3, 0.4) is 0 Å². The number of benzene rings is 1. The van der Waals surface area contributed by atoms with E-state index >= 15 is 0 Å². The van der Waals surface area contributed by atoms with E-state index < -0.39 is 0 Å². The third-order valence-corrected chi connectivity index (χ3v) is 3.00. The topological polar surface area (TPSA) is 68.5 Å². The van der Waals surface area contributed by atoms with E-state index in [1.54, 1.807) is 16.8 Å². The van der Waals surface area contributed by atoms with Gasteiger partial charge in [-0.15, -0.1) is 0 Å². The molecule has 1 aromatic carbocycles. The van der Waals surface area contributed by atoms with Gasteiger partial charge in [-0.05, 0) is 32.0 Å². The molecule has 2 heterocycles. The second-order valence-electron chi connectivity index (χ2n) is 5.12. The molecular weight excluding hydrogens is 280 g/mol. The van der Waals surface area contributed by atoms with E-state index in [-0.39, 0.29) is 7.53 Å². The molecule has 3 aromatic rings. The third kappa shape index (κ3) is 2.90. The van der Waals surface area contributed by atoms with Crippen molar-refractivity contribution < 1.29 is 11.0 Å². The first kappa shape index (κ1) is 14.1. The molecule has 6 heteroatoms. The smallest absolute Gasteiger partial charge is 0.167 e. The summed E-state index contributed by atoms with van der Waals surface area (Å²) in [7, 11) is 0. The molecule has 0 unspecified atom stereocenters. The van der Waals surface area contributed by atoms with Crippen LogP contribution in [-0.2, 0) is 0 Å². The SMILES string of the molecule is CC(C)Oc1cccc(Nc2ccn3ncc(C=O)c3n2)c1.[HH]. The zero-order chi connectivity index (χ0) is 15.5. The van der Waals surface area contributed by atoms with Crippen molar-refractivity contribution in [3.63, 3.8) is 0 Å². The lowest BCUT2D eigenvalue weighted by Crippen LogP contribution is -2.05. The molecule has 0 aliphatic carbocycles. The van der Waals surface area contributed by atoms with Gasteiger partial charge >= 0.3 is 0 Å². The highest BCUT2D eigenvalue weighted by Gasteiger charge is 2.06. The Morgan fingerprint density at radius 3 is 3.00 bits per heavy atom. The zero-order valence-electron chi connectivity index (χ0n) is 12.4. The van der Waals surface area contributed by atoms with Crippen molar-refractivity contribution in [3.8, 4) is 5.75 Å². The minimum absolute atomic E-state index is 0. The Morgan fingerprint density at radius 1 is 1.36 bits per heavy atom. The third-order valence-electron chi connectivity index (χ3n) is 3.00. The van der Waals surface area contributed by atoms with Crippen molar-refractivity contribution in [2.75, 3.05) is 5.32 Å². The van der Waals surface area contributed by atoms with Crippen LogP contribution in [0.15, 0.2) is 42.7 Å². The van der Waals surface area contributed by atoms with Gasteiger partial charge in [0.15, 0.2) is 11.9 Å². The molecule has 0 spiro atoms. The van der Waals surface area contributed by atoms with Crippen molar-refractivity contribution in [1.82, 2.24) is 14.6 Å². The molecule has 0 saturated carbocycles. The van der Waals surface area contributed by atoms with E-state index in [1.807, 2.05) is 38.1 Å². The molecule has 22 heavy (non-hydrogen) atoms. The Morgan fingerprint density at radius 2 is 2.23 bits per heavy atom. The number of carbonyl (C=O) groups is 1. The largest absolute Gasteiger partial charge is 0.491 e. The number of aromatic nitrogens is 3. The zero-order valence-corrected chi connectivity index (χ0v) is 12.4. The molecule has 6 nitrogen and oxygen atoms in total. The fourth-order valence-electron chi connectivity index (χ4n) is 2.11. The van der Waals surface area contributed by atoms with Gasteiger partial charge in [-0.25, -0.2) is 9.50 Å². The van der Waals surface area contributed by atoms with Crippen molar-refractivity contribution in [2.45, 2.75) is 20.0 Å². The summed E-state index contributed by atoms with van der Waals surface area (Å²) in [4.78, 5) is 15.4. The fraction of sp³-hybridized carbons (Fsp3) is 0.188. The van der Waals surface area contributed by atoms with Gasteiger partial charge in [-0.1, -0.05) is 6.07 Å². The number of hydrogen-bond donors (Lipinski definition) is 1. The molecule has 0 saturated heterocycles. The average Bonchev–Trinajstić information content (AvgIpc) is 2.89. The fourth-order valence-corrected chi connectivity index (χ4v) is 2.11. The normalized spacial score (nSPS) is 10.9. The molecule has 2 aromatic heterocycles. The first-order valence-corrected chi connectivity index (χ1v) is 6.99. The molecule has 0 aliphatic heterocycles. The lowest BCUT2D eigenvalue weighted by Gasteiger charge is -2.11. The maximum Gasteiger partial charge on any atom is 0.167 e. The summed E-state index contributed by atoms with van der Waals surface area (Å²) in [6.45, 7) is 3.96. The van der Waals surface area contributed by atoms with Gasteiger partial charge in [0.25, 0.3) is 0 Å². The van der Waals surface area contributed by atoms with Crippen LogP contribution in [0.1, 0.15) is 25.6 Å². The number of fused-ring (bicyclic) bond motifs is 1. The summed E-state index contributed by atoms with van der Waals surface area (Å²) in [5.74, 6) is 1.43. The lowest BCUT2D eigenvalue weighted by molar-refractivity contribution is 0.112. The average molecular weight is 298 g/mol. The molecule has 114 valence electrons.